The van der Waals surface area contributed by atoms with E-state index in [4.69, 9.17) is 18.9 Å². The van der Waals surface area contributed by atoms with Gasteiger partial charge in [0.2, 0.25) is 5.91 Å². The maximum atomic E-state index is 13.3. The van der Waals surface area contributed by atoms with E-state index < -0.39 is 36.2 Å². The number of aliphatic hydroxyl groups excluding tert-OH is 1. The molecule has 4 rings (SSSR count). The number of rotatable bonds is 13. The summed E-state index contributed by atoms with van der Waals surface area (Å²) in [5.41, 5.74) is 1.99. The van der Waals surface area contributed by atoms with Crippen molar-refractivity contribution < 1.29 is 38.4 Å². The van der Waals surface area contributed by atoms with E-state index in [0.717, 1.165) is 16.0 Å². The van der Waals surface area contributed by atoms with Gasteiger partial charge in [0.05, 0.1) is 38.4 Å². The molecular weight excluding hydrogens is 514 g/mol. The Kier molecular flexibility index (Phi) is 10.6. The zero-order chi connectivity index (χ0) is 28.3. The number of cyclic esters (lactones) is 1. The number of imide groups is 1. The minimum Gasteiger partial charge on any atom is -0.482 e. The Balaban J connectivity index is 1.26. The lowest BCUT2D eigenvalue weighted by Crippen LogP contribution is -2.48. The van der Waals surface area contributed by atoms with Gasteiger partial charge in [0.1, 0.15) is 18.5 Å². The third kappa shape index (κ3) is 7.88. The number of benzene rings is 2. The Hall–Kier alpha value is -3.79. The first kappa shape index (κ1) is 29.2. The number of ether oxygens (including phenoxy) is 4. The van der Waals surface area contributed by atoms with Crippen molar-refractivity contribution in [1.82, 2.24) is 4.90 Å². The molecule has 0 bridgehead atoms. The normalized spacial score (nSPS) is 21.2. The number of allylic oxidation sites excluding steroid dienone is 1. The van der Waals surface area contributed by atoms with Gasteiger partial charge in [-0.05, 0) is 49.1 Å². The van der Waals surface area contributed by atoms with Gasteiger partial charge in [-0.2, -0.15) is 0 Å². The molecule has 2 aliphatic heterocycles. The molecule has 1 fully saturated rings. The summed E-state index contributed by atoms with van der Waals surface area (Å²) in [7, 11) is 0. The molecule has 0 spiro atoms. The summed E-state index contributed by atoms with van der Waals surface area (Å²) >= 11 is 0. The monoisotopic (exact) mass is 549 g/mol. The molecule has 2 aliphatic rings. The van der Waals surface area contributed by atoms with Gasteiger partial charge in [-0.25, -0.2) is 9.69 Å². The van der Waals surface area contributed by atoms with E-state index >= 15 is 0 Å². The molecule has 0 unspecified atom stereocenters. The van der Waals surface area contributed by atoms with Crippen LogP contribution in [0, 0.1) is 5.92 Å². The number of carbonyl (C=O) groups is 3. The van der Waals surface area contributed by atoms with E-state index in [1.54, 1.807) is 19.1 Å². The minimum absolute atomic E-state index is 0.102. The van der Waals surface area contributed by atoms with Crippen LogP contribution in [0.4, 0.5) is 4.79 Å². The third-order valence-corrected chi connectivity index (χ3v) is 6.76. The van der Waals surface area contributed by atoms with Crippen LogP contribution in [0.5, 0.6) is 0 Å². The molecule has 4 atom stereocenters. The molecule has 0 aliphatic carbocycles. The summed E-state index contributed by atoms with van der Waals surface area (Å²) < 4.78 is 22.4. The van der Waals surface area contributed by atoms with Gasteiger partial charge in [0.25, 0.3) is 0 Å². The highest BCUT2D eigenvalue weighted by atomic mass is 16.6. The molecule has 1 N–H and O–H groups in total. The van der Waals surface area contributed by atoms with E-state index in [-0.39, 0.29) is 25.6 Å². The Morgan fingerprint density at radius 3 is 2.48 bits per heavy atom. The average molecular weight is 550 g/mol. The SMILES string of the molecule is C[C@@H](C(=O)N1C(=O)OC[C@H]1Cc1ccccc1)[C@H]1OC(=CCCOC[C@@H](CO)OCc2ccccc2)C=CC1=O. The van der Waals surface area contributed by atoms with Crippen molar-refractivity contribution in [2.24, 2.45) is 5.92 Å². The molecule has 212 valence electrons. The van der Waals surface area contributed by atoms with Crippen molar-refractivity contribution in [3.05, 3.63) is 95.8 Å². The fraction of sp³-hybridized carbons (Fsp3) is 0.387. The Morgan fingerprint density at radius 2 is 1.77 bits per heavy atom. The summed E-state index contributed by atoms with van der Waals surface area (Å²) in [6.07, 6.45) is 3.44. The van der Waals surface area contributed by atoms with E-state index in [1.807, 2.05) is 60.7 Å². The summed E-state index contributed by atoms with van der Waals surface area (Å²) in [5, 5.41) is 9.56. The Morgan fingerprint density at radius 1 is 1.07 bits per heavy atom. The third-order valence-electron chi connectivity index (χ3n) is 6.76. The van der Waals surface area contributed by atoms with Gasteiger partial charge in [-0.15, -0.1) is 0 Å². The van der Waals surface area contributed by atoms with Crippen molar-refractivity contribution in [3.63, 3.8) is 0 Å². The topological polar surface area (TPSA) is 112 Å². The molecule has 1 saturated heterocycles. The number of amides is 2. The zero-order valence-electron chi connectivity index (χ0n) is 22.5. The second-order valence-corrected chi connectivity index (χ2v) is 9.76. The maximum absolute atomic E-state index is 13.3. The first-order valence-corrected chi connectivity index (χ1v) is 13.4. The van der Waals surface area contributed by atoms with Gasteiger partial charge < -0.3 is 24.1 Å². The first-order chi connectivity index (χ1) is 19.5. The standard InChI is InChI=1S/C31H35NO8/c1-22(30(35)32-25(20-39-31(32)36)17-23-9-4-2-5-10-23)29-28(34)15-14-26(40-29)13-8-16-37-21-27(18-33)38-19-24-11-6-3-7-12-24/h2-7,9-15,22,25,27,29,33H,8,16-21H2,1H3/t22-,25-,27-,29-/m1/s1. The highest BCUT2D eigenvalue weighted by Gasteiger charge is 2.43. The van der Waals surface area contributed by atoms with Crippen LogP contribution in [-0.2, 0) is 41.6 Å². The Bertz CT molecular complexity index is 1200. The van der Waals surface area contributed by atoms with Gasteiger partial charge in [0.15, 0.2) is 11.9 Å². The van der Waals surface area contributed by atoms with Gasteiger partial charge >= 0.3 is 6.09 Å². The summed E-state index contributed by atoms with van der Waals surface area (Å²) in [6, 6.07) is 18.8. The van der Waals surface area contributed by atoms with Crippen LogP contribution >= 0.6 is 0 Å². The van der Waals surface area contributed by atoms with Crippen LogP contribution in [0.2, 0.25) is 0 Å². The van der Waals surface area contributed by atoms with E-state index in [2.05, 4.69) is 0 Å². The summed E-state index contributed by atoms with van der Waals surface area (Å²) in [4.78, 5) is 39.5. The number of nitrogens with zero attached hydrogens (tertiary/aromatic N) is 1. The van der Waals surface area contributed by atoms with Crippen LogP contribution in [0.1, 0.15) is 24.5 Å². The van der Waals surface area contributed by atoms with Crippen LogP contribution in [-0.4, -0.2) is 72.5 Å². The minimum atomic E-state index is -1.06. The lowest BCUT2D eigenvalue weighted by atomic mass is 9.96. The number of ketones is 1. The number of hydrogen-bond acceptors (Lipinski definition) is 8. The maximum Gasteiger partial charge on any atom is 0.416 e. The van der Waals surface area contributed by atoms with Crippen molar-refractivity contribution >= 4 is 17.8 Å². The van der Waals surface area contributed by atoms with Crippen molar-refractivity contribution in [2.75, 3.05) is 26.4 Å². The van der Waals surface area contributed by atoms with Gasteiger partial charge in [-0.3, -0.25) is 9.59 Å². The molecule has 0 aromatic heterocycles. The molecule has 2 aromatic carbocycles. The van der Waals surface area contributed by atoms with Crippen LogP contribution < -0.4 is 0 Å². The fourth-order valence-corrected chi connectivity index (χ4v) is 4.52. The predicted molar refractivity (Wildman–Crippen MR) is 146 cm³/mol. The van der Waals surface area contributed by atoms with E-state index in [1.165, 1.54) is 6.08 Å². The fourth-order valence-electron chi connectivity index (χ4n) is 4.52. The van der Waals surface area contributed by atoms with Crippen molar-refractivity contribution in [2.45, 2.75) is 44.6 Å². The van der Waals surface area contributed by atoms with Crippen LogP contribution in [0.3, 0.4) is 0 Å². The highest BCUT2D eigenvalue weighted by molar-refractivity contribution is 6.01. The van der Waals surface area contributed by atoms with Crippen molar-refractivity contribution in [1.29, 1.82) is 0 Å². The number of carbonyl (C=O) groups excluding carboxylic acids is 3. The molecule has 9 nitrogen and oxygen atoms in total. The zero-order valence-corrected chi connectivity index (χ0v) is 22.5. The van der Waals surface area contributed by atoms with E-state index in [9.17, 15) is 19.5 Å². The average Bonchev–Trinajstić information content (AvgIpc) is 3.34. The smallest absolute Gasteiger partial charge is 0.416 e. The summed E-state index contributed by atoms with van der Waals surface area (Å²) in [6.45, 7) is 2.48. The van der Waals surface area contributed by atoms with Gasteiger partial charge in [0, 0.05) is 0 Å². The first-order valence-electron chi connectivity index (χ1n) is 13.4. The second-order valence-electron chi connectivity index (χ2n) is 9.76. The highest BCUT2D eigenvalue weighted by Crippen LogP contribution is 2.25. The lowest BCUT2D eigenvalue weighted by molar-refractivity contribution is -0.142. The number of aliphatic hydroxyl groups is 1. The van der Waals surface area contributed by atoms with Crippen LogP contribution in [0.15, 0.2) is 84.7 Å². The molecule has 0 saturated carbocycles. The van der Waals surface area contributed by atoms with E-state index in [0.29, 0.717) is 31.8 Å². The quantitative estimate of drug-likeness (QED) is 0.377. The molecule has 9 heteroatoms. The molecule has 0 radical (unpaired) electrons. The second kappa shape index (κ2) is 14.6. The Labute approximate surface area is 234 Å². The molecule has 2 aromatic rings. The molecule has 2 heterocycles. The number of hydrogen-bond donors (Lipinski definition) is 1. The largest absolute Gasteiger partial charge is 0.482 e. The van der Waals surface area contributed by atoms with Crippen LogP contribution in [0.25, 0.3) is 0 Å². The van der Waals surface area contributed by atoms with Crippen molar-refractivity contribution in [3.8, 4) is 0 Å². The predicted octanol–water partition coefficient (Wildman–Crippen LogP) is 3.61. The molecular formula is C31H35NO8. The van der Waals surface area contributed by atoms with Gasteiger partial charge in [-0.1, -0.05) is 60.7 Å². The molecule has 40 heavy (non-hydrogen) atoms. The molecule has 2 amide bonds. The lowest BCUT2D eigenvalue weighted by Gasteiger charge is -2.29. The summed E-state index contributed by atoms with van der Waals surface area (Å²) in [5.74, 6) is -1.31.